The summed E-state index contributed by atoms with van der Waals surface area (Å²) in [5.74, 6) is 1.74. The average molecular weight is 205 g/mol. The van der Waals surface area contributed by atoms with E-state index in [1.807, 2.05) is 12.1 Å². The van der Waals surface area contributed by atoms with Gasteiger partial charge in [-0.1, -0.05) is 11.2 Å². The molecule has 0 aliphatic carbocycles. The Morgan fingerprint density at radius 3 is 3.00 bits per heavy atom. The van der Waals surface area contributed by atoms with Gasteiger partial charge in [0.2, 0.25) is 0 Å². The van der Waals surface area contributed by atoms with Crippen LogP contribution in [0.2, 0.25) is 0 Å². The molecule has 0 amide bonds. The van der Waals surface area contributed by atoms with E-state index in [2.05, 4.69) is 10.1 Å². The van der Waals surface area contributed by atoms with Crippen molar-refractivity contribution in [1.29, 1.82) is 0 Å². The van der Waals surface area contributed by atoms with Gasteiger partial charge in [0.15, 0.2) is 12.4 Å². The Kier molecular flexibility index (Phi) is 2.53. The van der Waals surface area contributed by atoms with Crippen molar-refractivity contribution in [2.45, 2.75) is 13.5 Å². The second-order valence-corrected chi connectivity index (χ2v) is 3.10. The van der Waals surface area contributed by atoms with Gasteiger partial charge < -0.3 is 15.0 Å². The van der Waals surface area contributed by atoms with Crippen LogP contribution in [0.5, 0.6) is 5.75 Å². The first kappa shape index (κ1) is 9.51. The monoisotopic (exact) mass is 205 g/mol. The number of benzene rings is 1. The molecule has 2 N–H and O–H groups in total. The average Bonchev–Trinajstić information content (AvgIpc) is 2.62. The van der Waals surface area contributed by atoms with Gasteiger partial charge in [0.1, 0.15) is 5.75 Å². The fraction of sp³-hybridized carbons (Fsp3) is 0.200. The minimum absolute atomic E-state index is 0.254. The normalized spacial score (nSPS) is 10.2. The number of hydrogen-bond acceptors (Lipinski definition) is 5. The van der Waals surface area contributed by atoms with Gasteiger partial charge >= 0.3 is 0 Å². The molecule has 5 nitrogen and oxygen atoms in total. The molecule has 0 aliphatic heterocycles. The fourth-order valence-corrected chi connectivity index (χ4v) is 1.15. The zero-order valence-corrected chi connectivity index (χ0v) is 8.30. The first-order valence-electron chi connectivity index (χ1n) is 4.51. The number of nitrogen functional groups attached to an aromatic ring is 1. The molecule has 0 atom stereocenters. The molecule has 15 heavy (non-hydrogen) atoms. The number of ether oxygens (including phenoxy) is 1. The van der Waals surface area contributed by atoms with E-state index in [1.165, 1.54) is 0 Å². The van der Waals surface area contributed by atoms with Crippen LogP contribution in [0, 0.1) is 6.92 Å². The molecule has 0 bridgehead atoms. The maximum atomic E-state index is 5.60. The first-order chi connectivity index (χ1) is 7.24. The van der Waals surface area contributed by atoms with Crippen molar-refractivity contribution < 1.29 is 9.26 Å². The minimum Gasteiger partial charge on any atom is -0.484 e. The van der Waals surface area contributed by atoms with Gasteiger partial charge in [-0.05, 0) is 19.1 Å². The molecule has 0 saturated heterocycles. The lowest BCUT2D eigenvalue weighted by Crippen LogP contribution is -1.96. The highest BCUT2D eigenvalue weighted by Gasteiger charge is 2.03. The van der Waals surface area contributed by atoms with Crippen molar-refractivity contribution in [2.24, 2.45) is 0 Å². The van der Waals surface area contributed by atoms with Crippen molar-refractivity contribution in [3.8, 4) is 5.75 Å². The van der Waals surface area contributed by atoms with E-state index in [-0.39, 0.29) is 6.61 Å². The van der Waals surface area contributed by atoms with Crippen LogP contribution in [-0.2, 0) is 6.61 Å². The summed E-state index contributed by atoms with van der Waals surface area (Å²) in [5, 5.41) is 3.66. The Morgan fingerprint density at radius 1 is 1.47 bits per heavy atom. The van der Waals surface area contributed by atoms with Gasteiger partial charge in [0.05, 0.1) is 0 Å². The number of nitrogens with zero attached hydrogens (tertiary/aromatic N) is 2. The van der Waals surface area contributed by atoms with E-state index >= 15 is 0 Å². The molecule has 5 heteroatoms. The van der Waals surface area contributed by atoms with Crippen LogP contribution in [0.4, 0.5) is 5.69 Å². The zero-order valence-electron chi connectivity index (χ0n) is 8.30. The zero-order chi connectivity index (χ0) is 10.7. The van der Waals surface area contributed by atoms with Gasteiger partial charge in [-0.3, -0.25) is 0 Å². The molecule has 0 aliphatic rings. The molecule has 2 aromatic rings. The highest BCUT2D eigenvalue weighted by molar-refractivity contribution is 5.43. The second kappa shape index (κ2) is 4.00. The van der Waals surface area contributed by atoms with Crippen molar-refractivity contribution in [2.75, 3.05) is 5.73 Å². The summed E-state index contributed by atoms with van der Waals surface area (Å²) in [6.07, 6.45) is 0. The third-order valence-corrected chi connectivity index (χ3v) is 1.79. The molecule has 0 unspecified atom stereocenters. The molecule has 2 rings (SSSR count). The van der Waals surface area contributed by atoms with Crippen LogP contribution in [-0.4, -0.2) is 10.1 Å². The smallest absolute Gasteiger partial charge is 0.264 e. The Hall–Kier alpha value is -2.04. The number of rotatable bonds is 3. The number of anilines is 1. The summed E-state index contributed by atoms with van der Waals surface area (Å²) in [6, 6.07) is 7.18. The summed E-state index contributed by atoms with van der Waals surface area (Å²) in [6.45, 7) is 2.01. The number of nitrogens with two attached hydrogens (primary N) is 1. The Bertz CT molecular complexity index is 453. The summed E-state index contributed by atoms with van der Waals surface area (Å²) in [4.78, 5) is 4.01. The molecular weight excluding hydrogens is 194 g/mol. The molecule has 0 saturated carbocycles. The molecule has 1 aromatic carbocycles. The fourth-order valence-electron chi connectivity index (χ4n) is 1.15. The highest BCUT2D eigenvalue weighted by atomic mass is 16.5. The van der Waals surface area contributed by atoms with Crippen molar-refractivity contribution in [3.63, 3.8) is 0 Å². The van der Waals surface area contributed by atoms with Crippen LogP contribution in [0.15, 0.2) is 28.8 Å². The summed E-state index contributed by atoms with van der Waals surface area (Å²) in [7, 11) is 0. The maximum absolute atomic E-state index is 5.60. The molecule has 1 aromatic heterocycles. The lowest BCUT2D eigenvalue weighted by atomic mass is 10.3. The molecule has 0 spiro atoms. The third-order valence-electron chi connectivity index (χ3n) is 1.79. The van der Waals surface area contributed by atoms with Gasteiger partial charge in [0.25, 0.3) is 5.89 Å². The summed E-state index contributed by atoms with van der Waals surface area (Å²) < 4.78 is 10.3. The highest BCUT2D eigenvalue weighted by Crippen LogP contribution is 2.15. The van der Waals surface area contributed by atoms with Crippen molar-refractivity contribution >= 4 is 5.69 Å². The van der Waals surface area contributed by atoms with Crippen LogP contribution < -0.4 is 10.5 Å². The van der Waals surface area contributed by atoms with Gasteiger partial charge in [-0.25, -0.2) is 0 Å². The maximum Gasteiger partial charge on any atom is 0.264 e. The lowest BCUT2D eigenvalue weighted by Gasteiger charge is -2.02. The first-order valence-corrected chi connectivity index (χ1v) is 4.51. The predicted molar refractivity (Wildman–Crippen MR) is 54.2 cm³/mol. The lowest BCUT2D eigenvalue weighted by molar-refractivity contribution is 0.242. The summed E-state index contributed by atoms with van der Waals surface area (Å²) in [5.41, 5.74) is 6.26. The second-order valence-electron chi connectivity index (χ2n) is 3.10. The van der Waals surface area contributed by atoms with E-state index < -0.39 is 0 Å². The van der Waals surface area contributed by atoms with E-state index in [1.54, 1.807) is 19.1 Å². The van der Waals surface area contributed by atoms with E-state index in [0.29, 0.717) is 23.2 Å². The van der Waals surface area contributed by atoms with Crippen molar-refractivity contribution in [1.82, 2.24) is 10.1 Å². The molecule has 78 valence electrons. The Morgan fingerprint density at radius 2 is 2.33 bits per heavy atom. The van der Waals surface area contributed by atoms with Gasteiger partial charge in [-0.2, -0.15) is 4.98 Å². The van der Waals surface area contributed by atoms with Crippen LogP contribution in [0.1, 0.15) is 11.7 Å². The third kappa shape index (κ3) is 2.46. The molecule has 0 fully saturated rings. The van der Waals surface area contributed by atoms with Crippen molar-refractivity contribution in [3.05, 3.63) is 36.0 Å². The quantitative estimate of drug-likeness (QED) is 0.769. The predicted octanol–water partition coefficient (Wildman–Crippen LogP) is 1.54. The topological polar surface area (TPSA) is 74.2 Å². The van der Waals surface area contributed by atoms with Gasteiger partial charge in [-0.15, -0.1) is 0 Å². The number of aromatic nitrogens is 2. The van der Waals surface area contributed by atoms with E-state index in [4.69, 9.17) is 15.0 Å². The van der Waals surface area contributed by atoms with Crippen LogP contribution in [0.3, 0.4) is 0 Å². The van der Waals surface area contributed by atoms with Crippen LogP contribution >= 0.6 is 0 Å². The largest absolute Gasteiger partial charge is 0.484 e. The standard InChI is InChI=1S/C10H11N3O2/c1-7-12-10(15-13-7)6-14-9-4-2-3-8(11)5-9/h2-5H,6,11H2,1H3. The van der Waals surface area contributed by atoms with E-state index in [9.17, 15) is 0 Å². The Balaban J connectivity index is 1.99. The minimum atomic E-state index is 0.254. The SMILES string of the molecule is Cc1noc(COc2cccc(N)c2)n1. The molecule has 1 heterocycles. The van der Waals surface area contributed by atoms with Crippen LogP contribution in [0.25, 0.3) is 0 Å². The van der Waals surface area contributed by atoms with E-state index in [0.717, 1.165) is 0 Å². The summed E-state index contributed by atoms with van der Waals surface area (Å²) >= 11 is 0. The Labute approximate surface area is 86.9 Å². The molecular formula is C10H11N3O2. The number of hydrogen-bond donors (Lipinski definition) is 1. The number of aryl methyl sites for hydroxylation is 1. The molecule has 0 radical (unpaired) electrons. The van der Waals surface area contributed by atoms with Gasteiger partial charge in [0, 0.05) is 11.8 Å².